The van der Waals surface area contributed by atoms with Crippen LogP contribution in [0.15, 0.2) is 18.2 Å². The summed E-state index contributed by atoms with van der Waals surface area (Å²) >= 11 is 0. The molecule has 0 saturated heterocycles. The van der Waals surface area contributed by atoms with Crippen molar-refractivity contribution < 1.29 is 4.39 Å². The molecule has 2 N–H and O–H groups in total. The maximum Gasteiger partial charge on any atom is 0.128 e. The molecule has 0 bridgehead atoms. The average molecular weight is 235 g/mol. The Balaban J connectivity index is 2.24. The summed E-state index contributed by atoms with van der Waals surface area (Å²) in [6.45, 7) is 4.21. The minimum Gasteiger partial charge on any atom is -0.321 e. The summed E-state index contributed by atoms with van der Waals surface area (Å²) in [6.07, 6.45) is 5.28. The van der Waals surface area contributed by atoms with Crippen LogP contribution in [0.1, 0.15) is 50.2 Å². The van der Waals surface area contributed by atoms with Gasteiger partial charge in [0.05, 0.1) is 0 Å². The average Bonchev–Trinajstić information content (AvgIpc) is 2.33. The van der Waals surface area contributed by atoms with Crippen molar-refractivity contribution in [1.82, 2.24) is 0 Å². The molecule has 2 heteroatoms. The summed E-state index contributed by atoms with van der Waals surface area (Å²) in [4.78, 5) is 0. The normalized spacial score (nSPS) is 29.3. The highest BCUT2D eigenvalue weighted by Gasteiger charge is 2.34. The number of rotatable bonds is 2. The Bertz CT molecular complexity index is 392. The summed E-state index contributed by atoms with van der Waals surface area (Å²) in [6, 6.07) is 5.27. The molecule has 17 heavy (non-hydrogen) atoms. The van der Waals surface area contributed by atoms with E-state index in [1.165, 1.54) is 6.42 Å². The zero-order valence-electron chi connectivity index (χ0n) is 10.8. The molecule has 0 aliphatic heterocycles. The Kier molecular flexibility index (Phi) is 3.53. The van der Waals surface area contributed by atoms with Crippen molar-refractivity contribution in [2.45, 2.75) is 51.5 Å². The molecule has 94 valence electrons. The molecule has 1 nitrogen and oxygen atoms in total. The van der Waals surface area contributed by atoms with E-state index in [0.717, 1.165) is 37.2 Å². The first-order valence-electron chi connectivity index (χ1n) is 6.60. The number of hydrogen-bond donors (Lipinski definition) is 1. The second-order valence-electron chi connectivity index (χ2n) is 5.49. The monoisotopic (exact) mass is 235 g/mol. The van der Waals surface area contributed by atoms with Crippen LogP contribution in [-0.4, -0.2) is 0 Å². The lowest BCUT2D eigenvalue weighted by atomic mass is 9.72. The third-order valence-electron chi connectivity index (χ3n) is 4.23. The Hall–Kier alpha value is -0.890. The minimum atomic E-state index is -0.443. The van der Waals surface area contributed by atoms with Gasteiger partial charge in [-0.1, -0.05) is 31.0 Å². The maximum absolute atomic E-state index is 13.9. The zero-order chi connectivity index (χ0) is 12.5. The van der Waals surface area contributed by atoms with Gasteiger partial charge in [-0.3, -0.25) is 0 Å². The highest BCUT2D eigenvalue weighted by atomic mass is 19.1. The van der Waals surface area contributed by atoms with Gasteiger partial charge in [-0.2, -0.15) is 0 Å². The van der Waals surface area contributed by atoms with Crippen molar-refractivity contribution in [3.63, 3.8) is 0 Å². The molecule has 1 aliphatic rings. The second kappa shape index (κ2) is 4.77. The summed E-state index contributed by atoms with van der Waals surface area (Å²) in [5, 5.41) is 0. The highest BCUT2D eigenvalue weighted by molar-refractivity contribution is 5.30. The maximum atomic E-state index is 13.9. The summed E-state index contributed by atoms with van der Waals surface area (Å²) < 4.78 is 13.9. The molecule has 0 radical (unpaired) electrons. The predicted octanol–water partition coefficient (Wildman–Crippen LogP) is 3.89. The van der Waals surface area contributed by atoms with Gasteiger partial charge in [-0.05, 0) is 44.6 Å². The summed E-state index contributed by atoms with van der Waals surface area (Å²) in [7, 11) is 0. The molecule has 0 unspecified atom stereocenters. The fourth-order valence-corrected chi connectivity index (χ4v) is 2.89. The van der Waals surface area contributed by atoms with Gasteiger partial charge in [-0.15, -0.1) is 0 Å². The lowest BCUT2D eigenvalue weighted by Gasteiger charge is -2.37. The molecular weight excluding hydrogens is 213 g/mol. The second-order valence-corrected chi connectivity index (χ2v) is 5.49. The molecule has 1 aliphatic carbocycles. The van der Waals surface area contributed by atoms with Crippen LogP contribution in [0.5, 0.6) is 0 Å². The first-order valence-corrected chi connectivity index (χ1v) is 6.60. The number of benzene rings is 1. The van der Waals surface area contributed by atoms with Crippen LogP contribution < -0.4 is 5.73 Å². The summed E-state index contributed by atoms with van der Waals surface area (Å²) in [5.41, 5.74) is 7.79. The van der Waals surface area contributed by atoms with Crippen LogP contribution in [-0.2, 0) is 5.54 Å². The van der Waals surface area contributed by atoms with E-state index in [0.29, 0.717) is 5.56 Å². The van der Waals surface area contributed by atoms with Gasteiger partial charge in [0.1, 0.15) is 5.82 Å². The molecule has 0 aromatic heterocycles. The van der Waals surface area contributed by atoms with Crippen molar-refractivity contribution in [1.29, 1.82) is 0 Å². The van der Waals surface area contributed by atoms with E-state index < -0.39 is 5.54 Å². The molecule has 0 heterocycles. The Morgan fingerprint density at radius 1 is 1.35 bits per heavy atom. The van der Waals surface area contributed by atoms with Crippen molar-refractivity contribution in [3.8, 4) is 0 Å². The molecule has 0 atom stereocenters. The van der Waals surface area contributed by atoms with Crippen LogP contribution in [0.3, 0.4) is 0 Å². The van der Waals surface area contributed by atoms with Crippen molar-refractivity contribution in [2.24, 2.45) is 11.7 Å². The van der Waals surface area contributed by atoms with Gasteiger partial charge in [-0.25, -0.2) is 4.39 Å². The molecule has 0 amide bonds. The van der Waals surface area contributed by atoms with Crippen molar-refractivity contribution >= 4 is 0 Å². The van der Waals surface area contributed by atoms with Gasteiger partial charge in [0.2, 0.25) is 0 Å². The first-order chi connectivity index (χ1) is 8.05. The quantitative estimate of drug-likeness (QED) is 0.827. The third kappa shape index (κ3) is 2.52. The highest BCUT2D eigenvalue weighted by Crippen LogP contribution is 2.39. The van der Waals surface area contributed by atoms with E-state index in [4.69, 9.17) is 5.73 Å². The van der Waals surface area contributed by atoms with Crippen LogP contribution >= 0.6 is 0 Å². The van der Waals surface area contributed by atoms with E-state index in [2.05, 4.69) is 6.92 Å². The number of hydrogen-bond acceptors (Lipinski definition) is 1. The van der Waals surface area contributed by atoms with Crippen LogP contribution in [0.25, 0.3) is 0 Å². The standard InChI is InChI=1S/C15H22FN/c1-3-12-6-8-15(17,9-7-12)13-10-11(2)4-5-14(13)16/h4-5,10,12H,3,6-9,17H2,1-2H3. The van der Waals surface area contributed by atoms with Gasteiger partial charge in [0, 0.05) is 11.1 Å². The van der Waals surface area contributed by atoms with Crippen molar-refractivity contribution in [3.05, 3.63) is 35.1 Å². The fourth-order valence-electron chi connectivity index (χ4n) is 2.89. The van der Waals surface area contributed by atoms with Gasteiger partial charge in [0.25, 0.3) is 0 Å². The SMILES string of the molecule is CCC1CCC(N)(c2cc(C)ccc2F)CC1. The third-order valence-corrected chi connectivity index (χ3v) is 4.23. The topological polar surface area (TPSA) is 26.0 Å². The van der Waals surface area contributed by atoms with E-state index >= 15 is 0 Å². The predicted molar refractivity (Wildman–Crippen MR) is 69.3 cm³/mol. The van der Waals surface area contributed by atoms with Gasteiger partial charge in [0.15, 0.2) is 0 Å². The zero-order valence-corrected chi connectivity index (χ0v) is 10.8. The fraction of sp³-hybridized carbons (Fsp3) is 0.600. The number of halogens is 1. The van der Waals surface area contributed by atoms with Crippen LogP contribution in [0, 0.1) is 18.7 Å². The lowest BCUT2D eigenvalue weighted by Crippen LogP contribution is -2.41. The molecule has 2 rings (SSSR count). The number of nitrogens with two attached hydrogens (primary N) is 1. The smallest absolute Gasteiger partial charge is 0.128 e. The van der Waals surface area contributed by atoms with Crippen molar-refractivity contribution in [2.75, 3.05) is 0 Å². The molecular formula is C15H22FN. The molecule has 1 saturated carbocycles. The number of aryl methyl sites for hydroxylation is 1. The van der Waals surface area contributed by atoms with Crippen LogP contribution in [0.2, 0.25) is 0 Å². The lowest BCUT2D eigenvalue weighted by molar-refractivity contribution is 0.226. The Morgan fingerprint density at radius 3 is 2.59 bits per heavy atom. The molecule has 0 spiro atoms. The van der Waals surface area contributed by atoms with E-state index in [1.54, 1.807) is 12.1 Å². The van der Waals surface area contributed by atoms with Gasteiger partial charge >= 0.3 is 0 Å². The Labute approximate surface area is 103 Å². The Morgan fingerprint density at radius 2 is 2.00 bits per heavy atom. The molecule has 1 fully saturated rings. The molecule has 1 aromatic carbocycles. The van der Waals surface area contributed by atoms with Crippen LogP contribution in [0.4, 0.5) is 4.39 Å². The van der Waals surface area contributed by atoms with E-state index in [-0.39, 0.29) is 5.82 Å². The minimum absolute atomic E-state index is 0.145. The van der Waals surface area contributed by atoms with E-state index in [9.17, 15) is 4.39 Å². The van der Waals surface area contributed by atoms with E-state index in [1.807, 2.05) is 13.0 Å². The summed E-state index contributed by atoms with van der Waals surface area (Å²) in [5.74, 6) is 0.632. The first kappa shape index (κ1) is 12.6. The van der Waals surface area contributed by atoms with Gasteiger partial charge < -0.3 is 5.73 Å². The largest absolute Gasteiger partial charge is 0.321 e. The molecule has 1 aromatic rings.